The van der Waals surface area contributed by atoms with Gasteiger partial charge in [0.05, 0.1) is 0 Å². The van der Waals surface area contributed by atoms with E-state index in [4.69, 9.17) is 23.6 Å². The third-order valence-electron chi connectivity index (χ3n) is 5.91. The van der Waals surface area contributed by atoms with Crippen LogP contribution in [0.3, 0.4) is 0 Å². The van der Waals surface area contributed by atoms with Gasteiger partial charge in [-0.05, 0) is 73.1 Å². The molecule has 2 aromatic carbocycles. The molecule has 204 valence electrons. The summed E-state index contributed by atoms with van der Waals surface area (Å²) in [7, 11) is 0. The smallest absolute Gasteiger partial charge is 0.0320 e. The number of hydrogen-bond donors (Lipinski definition) is 3. The highest BCUT2D eigenvalue weighted by Crippen LogP contribution is 2.23. The molecule has 0 radical (unpaired) electrons. The summed E-state index contributed by atoms with van der Waals surface area (Å²) in [6, 6.07) is 16.1. The summed E-state index contributed by atoms with van der Waals surface area (Å²) >= 11 is 0. The second-order valence-electron chi connectivity index (χ2n) is 8.98. The Kier molecular flexibility index (Phi) is 17.7. The molecule has 0 aliphatic heterocycles. The van der Waals surface area contributed by atoms with Crippen LogP contribution in [0.1, 0.15) is 62.8 Å². The lowest BCUT2D eigenvalue weighted by atomic mass is 9.90. The van der Waals surface area contributed by atoms with Crippen molar-refractivity contribution in [2.45, 2.75) is 59.9 Å². The zero-order valence-corrected chi connectivity index (χ0v) is 24.3. The molecule has 3 heteroatoms. The molecular formula is C35H49N3. The Morgan fingerprint density at radius 1 is 1.08 bits per heavy atom. The van der Waals surface area contributed by atoms with Gasteiger partial charge in [0.2, 0.25) is 0 Å². The van der Waals surface area contributed by atoms with Crippen LogP contribution < -0.4 is 17.2 Å². The summed E-state index contributed by atoms with van der Waals surface area (Å²) in [5, 5.41) is 0. The molecule has 0 bridgehead atoms. The normalized spacial score (nSPS) is 12.5. The van der Waals surface area contributed by atoms with E-state index in [1.165, 1.54) is 24.0 Å². The quantitative estimate of drug-likeness (QED) is 0.166. The van der Waals surface area contributed by atoms with Gasteiger partial charge in [0.1, 0.15) is 0 Å². The molecule has 0 saturated heterocycles. The molecule has 0 amide bonds. The number of allylic oxidation sites excluding steroid dienone is 4. The Hall–Kier alpha value is -3.58. The van der Waals surface area contributed by atoms with E-state index in [1.54, 1.807) is 0 Å². The van der Waals surface area contributed by atoms with Crippen molar-refractivity contribution in [3.05, 3.63) is 126 Å². The summed E-state index contributed by atoms with van der Waals surface area (Å²) in [5.74, 6) is 2.81. The second kappa shape index (κ2) is 19.5. The molecule has 0 saturated carbocycles. The van der Waals surface area contributed by atoms with Crippen molar-refractivity contribution in [1.82, 2.24) is 0 Å². The first-order valence-corrected chi connectivity index (χ1v) is 13.4. The van der Waals surface area contributed by atoms with E-state index in [-0.39, 0.29) is 12.0 Å². The first-order chi connectivity index (χ1) is 18.2. The van der Waals surface area contributed by atoms with Gasteiger partial charge in [-0.2, -0.15) is 0 Å². The maximum Gasteiger partial charge on any atom is 0.0320 e. The van der Waals surface area contributed by atoms with E-state index in [1.807, 2.05) is 63.3 Å². The van der Waals surface area contributed by atoms with Crippen molar-refractivity contribution >= 4 is 5.57 Å². The summed E-state index contributed by atoms with van der Waals surface area (Å²) in [6.07, 6.45) is 14.3. The van der Waals surface area contributed by atoms with Gasteiger partial charge < -0.3 is 17.2 Å². The van der Waals surface area contributed by atoms with Gasteiger partial charge in [0, 0.05) is 17.3 Å². The lowest BCUT2D eigenvalue weighted by Gasteiger charge is -2.20. The van der Waals surface area contributed by atoms with Gasteiger partial charge in [0.15, 0.2) is 0 Å². The minimum absolute atomic E-state index is 0.141. The van der Waals surface area contributed by atoms with Crippen molar-refractivity contribution in [2.24, 2.45) is 23.1 Å². The third kappa shape index (κ3) is 12.1. The number of aryl methyl sites for hydroxylation is 2. The van der Waals surface area contributed by atoms with Crippen LogP contribution in [0.25, 0.3) is 5.57 Å². The second-order valence-corrected chi connectivity index (χ2v) is 8.98. The average molecular weight is 512 g/mol. The molecule has 0 fully saturated rings. The van der Waals surface area contributed by atoms with Crippen molar-refractivity contribution in [3.63, 3.8) is 0 Å². The molecule has 3 nitrogen and oxygen atoms in total. The highest BCUT2D eigenvalue weighted by Gasteiger charge is 2.15. The van der Waals surface area contributed by atoms with Crippen molar-refractivity contribution in [1.29, 1.82) is 0 Å². The van der Waals surface area contributed by atoms with E-state index in [0.29, 0.717) is 18.7 Å². The molecule has 0 spiro atoms. The van der Waals surface area contributed by atoms with Crippen LogP contribution in [0, 0.1) is 25.2 Å². The van der Waals surface area contributed by atoms with Crippen LogP contribution in [0.15, 0.2) is 103 Å². The summed E-state index contributed by atoms with van der Waals surface area (Å²) in [6.45, 7) is 22.7. The molecule has 2 aromatic rings. The monoisotopic (exact) mass is 511 g/mol. The minimum Gasteiger partial charge on any atom is -0.402 e. The Labute approximate surface area is 232 Å². The van der Waals surface area contributed by atoms with Gasteiger partial charge >= 0.3 is 0 Å². The molecule has 2 unspecified atom stereocenters. The lowest BCUT2D eigenvalue weighted by Crippen LogP contribution is -2.29. The van der Waals surface area contributed by atoms with Crippen LogP contribution in [0.2, 0.25) is 0 Å². The van der Waals surface area contributed by atoms with Crippen LogP contribution in [0.4, 0.5) is 0 Å². The van der Waals surface area contributed by atoms with Crippen LogP contribution in [0.5, 0.6) is 0 Å². The van der Waals surface area contributed by atoms with Gasteiger partial charge in [-0.3, -0.25) is 0 Å². The zero-order chi connectivity index (χ0) is 29.1. The number of terminal acetylenes is 1. The maximum atomic E-state index is 6.30. The first-order valence-electron chi connectivity index (χ1n) is 13.4. The minimum atomic E-state index is -0.258. The summed E-state index contributed by atoms with van der Waals surface area (Å²) in [4.78, 5) is 0. The number of nitrogens with two attached hydrogens (primary N) is 3. The first kappa shape index (κ1) is 34.4. The van der Waals surface area contributed by atoms with Gasteiger partial charge in [-0.15, -0.1) is 13.0 Å². The molecule has 0 aromatic heterocycles. The Morgan fingerprint density at radius 2 is 1.74 bits per heavy atom. The summed E-state index contributed by atoms with van der Waals surface area (Å²) in [5.41, 5.74) is 25.6. The molecule has 2 atom stereocenters. The van der Waals surface area contributed by atoms with Crippen molar-refractivity contribution < 1.29 is 0 Å². The van der Waals surface area contributed by atoms with Crippen molar-refractivity contribution in [3.8, 4) is 12.3 Å². The van der Waals surface area contributed by atoms with Crippen LogP contribution in [-0.2, 0) is 6.42 Å². The molecular weight excluding hydrogens is 462 g/mol. The molecule has 6 N–H and O–H groups in total. The zero-order valence-electron chi connectivity index (χ0n) is 24.3. The van der Waals surface area contributed by atoms with E-state index in [0.717, 1.165) is 27.8 Å². The van der Waals surface area contributed by atoms with E-state index < -0.39 is 0 Å². The van der Waals surface area contributed by atoms with E-state index in [2.05, 4.69) is 63.8 Å². The average Bonchev–Trinajstić information content (AvgIpc) is 2.92. The van der Waals surface area contributed by atoms with E-state index in [9.17, 15) is 0 Å². The maximum absolute atomic E-state index is 6.30. The molecule has 0 aliphatic carbocycles. The van der Waals surface area contributed by atoms with Gasteiger partial charge in [0.25, 0.3) is 0 Å². The van der Waals surface area contributed by atoms with Crippen LogP contribution >= 0.6 is 0 Å². The van der Waals surface area contributed by atoms with Crippen molar-refractivity contribution in [2.75, 3.05) is 6.54 Å². The summed E-state index contributed by atoms with van der Waals surface area (Å²) < 4.78 is 0. The Balaban J connectivity index is 0.000000944. The number of rotatable bonds is 11. The van der Waals surface area contributed by atoms with Gasteiger partial charge in [-0.1, -0.05) is 113 Å². The predicted molar refractivity (Wildman–Crippen MR) is 170 cm³/mol. The third-order valence-corrected chi connectivity index (χ3v) is 5.91. The predicted octanol–water partition coefficient (Wildman–Crippen LogP) is 7.48. The highest BCUT2D eigenvalue weighted by molar-refractivity contribution is 5.77. The highest BCUT2D eigenvalue weighted by atomic mass is 14.7. The van der Waals surface area contributed by atoms with Crippen LogP contribution in [-0.4, -0.2) is 12.6 Å². The number of hydrogen-bond acceptors (Lipinski definition) is 3. The fourth-order valence-corrected chi connectivity index (χ4v) is 3.77. The topological polar surface area (TPSA) is 78.1 Å². The SMILES string of the molecule is C#Cc1ccccc1C(=C)/C=C\C(C(=C)C(N)CC(C=C)CN)=C(/C)N.CC.CCCc1cccc(C)c1. The Morgan fingerprint density at radius 3 is 2.26 bits per heavy atom. The molecule has 38 heavy (non-hydrogen) atoms. The fraction of sp³-hybridized carbons (Fsp3) is 0.314. The molecule has 0 aliphatic rings. The molecule has 2 rings (SSSR count). The largest absolute Gasteiger partial charge is 0.402 e. The Bertz CT molecular complexity index is 1120. The molecule has 0 heterocycles. The van der Waals surface area contributed by atoms with E-state index >= 15 is 0 Å². The standard InChI is InChI=1S/C23H29N3.C10H14.C2H6/c1-6-19(15-24)14-23(26)17(4)22(18(5)25)13-12-16(3)21-11-9-8-10-20(21)7-2;1-3-5-10-7-4-6-9(2)8-10;1-2/h2,6,8-13,19,23H,1,3-4,14-15,24-26H2,5H3;4,6-8H,3,5H2,1-2H3;1-2H3/b13-12-,22-18-;;. The van der Waals surface area contributed by atoms with Gasteiger partial charge in [-0.25, -0.2) is 0 Å². The lowest BCUT2D eigenvalue weighted by molar-refractivity contribution is 0.551. The fourth-order valence-electron chi connectivity index (χ4n) is 3.77. The number of benzene rings is 2.